The van der Waals surface area contributed by atoms with E-state index in [-0.39, 0.29) is 0 Å². The molecule has 1 N–H and O–H groups in total. The van der Waals surface area contributed by atoms with Gasteiger partial charge in [0.05, 0.1) is 5.92 Å². The molecule has 0 saturated carbocycles. The molecule has 1 atom stereocenters. The minimum absolute atomic E-state index is 0.405. The summed E-state index contributed by atoms with van der Waals surface area (Å²) in [7, 11) is 0. The number of rotatable bonds is 5. The van der Waals surface area contributed by atoms with E-state index >= 15 is 0 Å². The van der Waals surface area contributed by atoms with Crippen LogP contribution in [0, 0.1) is 5.92 Å². The van der Waals surface area contributed by atoms with Crippen LogP contribution in [0.25, 0.3) is 11.4 Å². The van der Waals surface area contributed by atoms with Crippen LogP contribution < -0.4 is 0 Å². The topological polar surface area (TPSA) is 80.9 Å². The lowest BCUT2D eigenvalue weighted by molar-refractivity contribution is -0.141. The van der Waals surface area contributed by atoms with Gasteiger partial charge >= 0.3 is 5.97 Å². The van der Waals surface area contributed by atoms with Gasteiger partial charge in [0.25, 0.3) is 0 Å². The molecule has 0 aliphatic heterocycles. The van der Waals surface area contributed by atoms with Gasteiger partial charge in [-0.3, -0.25) is 4.79 Å². The Morgan fingerprint density at radius 2 is 2.11 bits per heavy atom. The standard InChI is InChI=1S/C12H14N4O2/c1-9(12(17)18)7-8-16-11(13-14-15-16)10-5-3-2-4-6-10/h2-6,9H,7-8H2,1H3,(H,17,18). The zero-order valence-corrected chi connectivity index (χ0v) is 10.0. The summed E-state index contributed by atoms with van der Waals surface area (Å²) in [5, 5.41) is 20.3. The summed E-state index contributed by atoms with van der Waals surface area (Å²) in [6, 6.07) is 9.58. The Morgan fingerprint density at radius 1 is 1.39 bits per heavy atom. The molecule has 1 unspecified atom stereocenters. The number of hydrogen-bond donors (Lipinski definition) is 1. The Morgan fingerprint density at radius 3 is 2.78 bits per heavy atom. The Kier molecular flexibility index (Phi) is 3.66. The molecule has 18 heavy (non-hydrogen) atoms. The molecule has 0 aliphatic carbocycles. The predicted molar refractivity (Wildman–Crippen MR) is 64.7 cm³/mol. The van der Waals surface area contributed by atoms with Crippen LogP contribution in [0.4, 0.5) is 0 Å². The molecule has 0 fully saturated rings. The molecule has 1 aromatic carbocycles. The Balaban J connectivity index is 2.12. The third-order valence-corrected chi connectivity index (χ3v) is 2.76. The number of benzene rings is 1. The minimum Gasteiger partial charge on any atom is -0.481 e. The summed E-state index contributed by atoms with van der Waals surface area (Å²) < 4.78 is 1.63. The number of tetrazole rings is 1. The van der Waals surface area contributed by atoms with Gasteiger partial charge in [-0.05, 0) is 16.8 Å². The number of aliphatic carboxylic acids is 1. The fourth-order valence-electron chi connectivity index (χ4n) is 1.59. The van der Waals surface area contributed by atoms with Crippen molar-refractivity contribution < 1.29 is 9.90 Å². The molecule has 0 aliphatic rings. The van der Waals surface area contributed by atoms with Crippen LogP contribution in [0.15, 0.2) is 30.3 Å². The van der Waals surface area contributed by atoms with Gasteiger partial charge < -0.3 is 5.11 Å². The first kappa shape index (κ1) is 12.2. The lowest BCUT2D eigenvalue weighted by Gasteiger charge is -2.07. The second-order valence-electron chi connectivity index (χ2n) is 4.12. The second-order valence-corrected chi connectivity index (χ2v) is 4.12. The van der Waals surface area contributed by atoms with E-state index in [0.717, 1.165) is 5.56 Å². The first-order valence-corrected chi connectivity index (χ1v) is 5.73. The van der Waals surface area contributed by atoms with Crippen molar-refractivity contribution in [3.05, 3.63) is 30.3 Å². The van der Waals surface area contributed by atoms with Crippen molar-refractivity contribution in [1.29, 1.82) is 0 Å². The number of carboxylic acids is 1. The highest BCUT2D eigenvalue weighted by Crippen LogP contribution is 2.15. The van der Waals surface area contributed by atoms with E-state index in [1.165, 1.54) is 0 Å². The van der Waals surface area contributed by atoms with Crippen LogP contribution in [0.3, 0.4) is 0 Å². The average molecular weight is 246 g/mol. The lowest BCUT2D eigenvalue weighted by Crippen LogP contribution is -2.13. The maximum absolute atomic E-state index is 10.8. The van der Waals surface area contributed by atoms with Crippen LogP contribution in [-0.4, -0.2) is 31.3 Å². The van der Waals surface area contributed by atoms with E-state index in [9.17, 15) is 4.79 Å². The van der Waals surface area contributed by atoms with E-state index in [1.807, 2.05) is 30.3 Å². The summed E-state index contributed by atoms with van der Waals surface area (Å²) in [6.45, 7) is 2.17. The smallest absolute Gasteiger partial charge is 0.306 e. The van der Waals surface area contributed by atoms with Crippen LogP contribution in [-0.2, 0) is 11.3 Å². The molecule has 6 heteroatoms. The van der Waals surface area contributed by atoms with E-state index in [1.54, 1.807) is 11.6 Å². The van der Waals surface area contributed by atoms with Gasteiger partial charge in [0.2, 0.25) is 0 Å². The quantitative estimate of drug-likeness (QED) is 0.863. The van der Waals surface area contributed by atoms with Crippen molar-refractivity contribution in [2.45, 2.75) is 19.9 Å². The van der Waals surface area contributed by atoms with Gasteiger partial charge in [0, 0.05) is 12.1 Å². The minimum atomic E-state index is -0.802. The fourth-order valence-corrected chi connectivity index (χ4v) is 1.59. The van der Waals surface area contributed by atoms with Crippen molar-refractivity contribution in [2.75, 3.05) is 0 Å². The van der Waals surface area contributed by atoms with E-state index in [0.29, 0.717) is 18.8 Å². The van der Waals surface area contributed by atoms with Gasteiger partial charge in [-0.1, -0.05) is 37.3 Å². The average Bonchev–Trinajstić information content (AvgIpc) is 2.85. The molecule has 1 heterocycles. The van der Waals surface area contributed by atoms with E-state index in [4.69, 9.17) is 5.11 Å². The summed E-state index contributed by atoms with van der Waals surface area (Å²) in [6.07, 6.45) is 0.500. The van der Waals surface area contributed by atoms with Crippen molar-refractivity contribution in [1.82, 2.24) is 20.2 Å². The van der Waals surface area contributed by atoms with Gasteiger partial charge in [-0.15, -0.1) is 5.10 Å². The SMILES string of the molecule is CC(CCn1nnnc1-c1ccccc1)C(=O)O. The van der Waals surface area contributed by atoms with Crippen molar-refractivity contribution >= 4 is 5.97 Å². The van der Waals surface area contributed by atoms with Crippen molar-refractivity contribution in [3.8, 4) is 11.4 Å². The van der Waals surface area contributed by atoms with E-state index in [2.05, 4.69) is 15.5 Å². The normalized spacial score (nSPS) is 12.3. The predicted octanol–water partition coefficient (Wildman–Crippen LogP) is 1.45. The third-order valence-electron chi connectivity index (χ3n) is 2.76. The van der Waals surface area contributed by atoms with Crippen molar-refractivity contribution in [3.63, 3.8) is 0 Å². The molecule has 0 spiro atoms. The van der Waals surface area contributed by atoms with Gasteiger partial charge in [0.15, 0.2) is 5.82 Å². The molecule has 6 nitrogen and oxygen atoms in total. The maximum Gasteiger partial charge on any atom is 0.306 e. The highest BCUT2D eigenvalue weighted by molar-refractivity contribution is 5.69. The number of aryl methyl sites for hydroxylation is 1. The molecule has 0 radical (unpaired) electrons. The number of carbonyl (C=O) groups is 1. The molecule has 2 aromatic rings. The number of hydrogen-bond acceptors (Lipinski definition) is 4. The molecular formula is C12H14N4O2. The highest BCUT2D eigenvalue weighted by Gasteiger charge is 2.13. The van der Waals surface area contributed by atoms with Crippen LogP contribution in [0.2, 0.25) is 0 Å². The Bertz CT molecular complexity index is 524. The highest BCUT2D eigenvalue weighted by atomic mass is 16.4. The van der Waals surface area contributed by atoms with Gasteiger partial charge in [0.1, 0.15) is 0 Å². The summed E-state index contributed by atoms with van der Waals surface area (Å²) >= 11 is 0. The molecule has 94 valence electrons. The largest absolute Gasteiger partial charge is 0.481 e. The summed E-state index contributed by atoms with van der Waals surface area (Å²) in [5.41, 5.74) is 0.922. The third kappa shape index (κ3) is 2.71. The molecule has 0 bridgehead atoms. The molecule has 0 saturated heterocycles. The molecule has 0 amide bonds. The molecule has 1 aromatic heterocycles. The Hall–Kier alpha value is -2.24. The Labute approximate surface area is 104 Å². The monoisotopic (exact) mass is 246 g/mol. The number of aromatic nitrogens is 4. The first-order chi connectivity index (χ1) is 8.68. The first-order valence-electron chi connectivity index (χ1n) is 5.73. The lowest BCUT2D eigenvalue weighted by atomic mass is 10.1. The van der Waals surface area contributed by atoms with Gasteiger partial charge in [-0.25, -0.2) is 4.68 Å². The number of nitrogens with zero attached hydrogens (tertiary/aromatic N) is 4. The van der Waals surface area contributed by atoms with E-state index < -0.39 is 11.9 Å². The molecule has 2 rings (SSSR count). The zero-order chi connectivity index (χ0) is 13.0. The zero-order valence-electron chi connectivity index (χ0n) is 10.0. The van der Waals surface area contributed by atoms with Crippen LogP contribution >= 0.6 is 0 Å². The summed E-state index contributed by atoms with van der Waals surface area (Å²) in [5.74, 6) is -0.546. The fraction of sp³-hybridized carbons (Fsp3) is 0.333. The van der Waals surface area contributed by atoms with Gasteiger partial charge in [-0.2, -0.15) is 0 Å². The molecular weight excluding hydrogens is 232 g/mol. The van der Waals surface area contributed by atoms with Crippen LogP contribution in [0.5, 0.6) is 0 Å². The second kappa shape index (κ2) is 5.39. The van der Waals surface area contributed by atoms with Crippen LogP contribution in [0.1, 0.15) is 13.3 Å². The maximum atomic E-state index is 10.8. The number of carboxylic acid groups (broad SMARTS) is 1. The summed E-state index contributed by atoms with van der Waals surface area (Å²) in [4.78, 5) is 10.8. The van der Waals surface area contributed by atoms with Crippen molar-refractivity contribution in [2.24, 2.45) is 5.92 Å².